The Labute approximate surface area is 178 Å². The normalized spacial score (nSPS) is 18.3. The third-order valence-electron chi connectivity index (χ3n) is 5.24. The molecular weight excluding hydrogens is 380 g/mol. The van der Waals surface area contributed by atoms with Gasteiger partial charge in [-0.05, 0) is 29.9 Å². The summed E-state index contributed by atoms with van der Waals surface area (Å²) in [5, 5.41) is 0. The Bertz CT molecular complexity index is 826. The summed E-state index contributed by atoms with van der Waals surface area (Å²) in [6.07, 6.45) is -0.348. The highest BCUT2D eigenvalue weighted by molar-refractivity contribution is 5.95. The van der Waals surface area contributed by atoms with Crippen LogP contribution in [0.15, 0.2) is 60.7 Å². The van der Waals surface area contributed by atoms with Crippen LogP contribution in [0.2, 0.25) is 0 Å². The molecule has 0 saturated carbocycles. The van der Waals surface area contributed by atoms with Gasteiger partial charge in [-0.25, -0.2) is 9.69 Å². The van der Waals surface area contributed by atoms with Crippen molar-refractivity contribution in [3.05, 3.63) is 71.8 Å². The van der Waals surface area contributed by atoms with E-state index in [0.29, 0.717) is 19.4 Å². The van der Waals surface area contributed by atoms with Gasteiger partial charge in [0.15, 0.2) is 0 Å². The van der Waals surface area contributed by atoms with Gasteiger partial charge in [-0.15, -0.1) is 0 Å². The predicted octanol–water partition coefficient (Wildman–Crippen LogP) is 3.74. The van der Waals surface area contributed by atoms with Crippen LogP contribution in [0.25, 0.3) is 0 Å². The first-order valence-electron chi connectivity index (χ1n) is 10.4. The Morgan fingerprint density at radius 1 is 1.10 bits per heavy atom. The van der Waals surface area contributed by atoms with Crippen molar-refractivity contribution >= 4 is 12.0 Å². The first-order valence-corrected chi connectivity index (χ1v) is 10.4. The number of benzene rings is 2. The Balaban J connectivity index is 1.72. The molecule has 0 aromatic heterocycles. The summed E-state index contributed by atoms with van der Waals surface area (Å²) in [5.74, 6) is -0.734. The molecule has 3 atom stereocenters. The van der Waals surface area contributed by atoms with Crippen molar-refractivity contribution in [2.45, 2.75) is 45.6 Å². The van der Waals surface area contributed by atoms with Crippen molar-refractivity contribution in [1.29, 1.82) is 0 Å². The van der Waals surface area contributed by atoms with Crippen LogP contribution in [0.1, 0.15) is 31.4 Å². The molecule has 2 aromatic carbocycles. The molecule has 1 aliphatic rings. The average molecular weight is 411 g/mol. The molecule has 0 spiro atoms. The van der Waals surface area contributed by atoms with Crippen molar-refractivity contribution in [2.75, 3.05) is 6.61 Å². The summed E-state index contributed by atoms with van der Waals surface area (Å²) in [5.41, 5.74) is 8.33. The van der Waals surface area contributed by atoms with E-state index in [0.717, 1.165) is 11.1 Å². The predicted molar refractivity (Wildman–Crippen MR) is 114 cm³/mol. The zero-order valence-corrected chi connectivity index (χ0v) is 17.6. The first-order chi connectivity index (χ1) is 14.5. The molecule has 1 saturated heterocycles. The number of amides is 2. The fraction of sp³-hybridized carbons (Fsp3) is 0.417. The van der Waals surface area contributed by atoms with E-state index >= 15 is 0 Å². The van der Waals surface area contributed by atoms with E-state index in [9.17, 15) is 9.59 Å². The van der Waals surface area contributed by atoms with Gasteiger partial charge in [0, 0.05) is 0 Å². The third-order valence-corrected chi connectivity index (χ3v) is 5.24. The fourth-order valence-electron chi connectivity index (χ4n) is 3.71. The number of hydrogen-bond donors (Lipinski definition) is 1. The van der Waals surface area contributed by atoms with Gasteiger partial charge in [0.05, 0.1) is 18.6 Å². The molecule has 30 heavy (non-hydrogen) atoms. The summed E-state index contributed by atoms with van der Waals surface area (Å²) < 4.78 is 11.1. The molecule has 6 nitrogen and oxygen atoms in total. The fourth-order valence-corrected chi connectivity index (χ4v) is 3.71. The summed E-state index contributed by atoms with van der Waals surface area (Å²) >= 11 is 0. The van der Waals surface area contributed by atoms with E-state index in [1.54, 1.807) is 0 Å². The molecule has 1 aliphatic heterocycles. The van der Waals surface area contributed by atoms with Gasteiger partial charge < -0.3 is 15.2 Å². The lowest BCUT2D eigenvalue weighted by Gasteiger charge is -2.29. The zero-order valence-electron chi connectivity index (χ0n) is 17.6. The van der Waals surface area contributed by atoms with Crippen molar-refractivity contribution < 1.29 is 19.1 Å². The second kappa shape index (κ2) is 10.4. The van der Waals surface area contributed by atoms with E-state index < -0.39 is 18.2 Å². The maximum atomic E-state index is 13.4. The van der Waals surface area contributed by atoms with E-state index in [1.807, 2.05) is 74.5 Å². The average Bonchev–Trinajstić information content (AvgIpc) is 3.11. The molecule has 6 heteroatoms. The molecule has 2 N–H and O–H groups in total. The molecule has 1 heterocycles. The van der Waals surface area contributed by atoms with E-state index in [4.69, 9.17) is 15.2 Å². The Morgan fingerprint density at radius 2 is 1.70 bits per heavy atom. The number of carbonyl (C=O) groups excluding carboxylic acids is 2. The van der Waals surface area contributed by atoms with Crippen LogP contribution in [-0.4, -0.2) is 35.8 Å². The van der Waals surface area contributed by atoms with Crippen LogP contribution in [0.3, 0.4) is 0 Å². The number of nitrogens with zero attached hydrogens (tertiary/aromatic N) is 1. The molecule has 3 unspecified atom stereocenters. The zero-order chi connectivity index (χ0) is 21.5. The Morgan fingerprint density at radius 3 is 2.30 bits per heavy atom. The van der Waals surface area contributed by atoms with E-state index in [1.165, 1.54) is 4.90 Å². The molecule has 0 bridgehead atoms. The van der Waals surface area contributed by atoms with E-state index in [2.05, 4.69) is 0 Å². The Hall–Kier alpha value is -2.70. The molecule has 160 valence electrons. The Kier molecular flexibility index (Phi) is 7.60. The number of imide groups is 1. The number of cyclic esters (lactones) is 1. The highest BCUT2D eigenvalue weighted by Gasteiger charge is 2.42. The molecule has 3 rings (SSSR count). The summed E-state index contributed by atoms with van der Waals surface area (Å²) in [7, 11) is 0. The van der Waals surface area contributed by atoms with Crippen molar-refractivity contribution in [3.8, 4) is 0 Å². The number of rotatable bonds is 9. The molecule has 2 aromatic rings. The smallest absolute Gasteiger partial charge is 0.416 e. The summed E-state index contributed by atoms with van der Waals surface area (Å²) in [6.45, 7) is 4.54. The van der Waals surface area contributed by atoms with Gasteiger partial charge in [0.2, 0.25) is 5.91 Å². The number of ether oxygens (including phenoxy) is 2. The van der Waals surface area contributed by atoms with Crippen molar-refractivity contribution in [1.82, 2.24) is 4.90 Å². The lowest BCUT2D eigenvalue weighted by atomic mass is 9.93. The van der Waals surface area contributed by atoms with Crippen LogP contribution in [0.4, 0.5) is 4.79 Å². The van der Waals surface area contributed by atoms with Gasteiger partial charge in [-0.1, -0.05) is 74.5 Å². The van der Waals surface area contributed by atoms with Gasteiger partial charge in [0.1, 0.15) is 12.8 Å². The van der Waals surface area contributed by atoms with Gasteiger partial charge in [-0.2, -0.15) is 0 Å². The minimum absolute atomic E-state index is 0.188. The largest absolute Gasteiger partial charge is 0.447 e. The van der Waals surface area contributed by atoms with Crippen molar-refractivity contribution in [3.63, 3.8) is 0 Å². The summed E-state index contributed by atoms with van der Waals surface area (Å²) in [4.78, 5) is 27.1. The molecule has 2 amide bonds. The van der Waals surface area contributed by atoms with Crippen molar-refractivity contribution in [2.24, 2.45) is 17.6 Å². The topological polar surface area (TPSA) is 81.9 Å². The summed E-state index contributed by atoms with van der Waals surface area (Å²) in [6, 6.07) is 19.1. The van der Waals surface area contributed by atoms with Gasteiger partial charge >= 0.3 is 6.09 Å². The molecular formula is C24H30N2O4. The van der Waals surface area contributed by atoms with Crippen LogP contribution < -0.4 is 5.73 Å². The van der Waals surface area contributed by atoms with Crippen LogP contribution in [0.5, 0.6) is 0 Å². The second-order valence-corrected chi connectivity index (χ2v) is 8.13. The molecule has 1 fully saturated rings. The minimum Gasteiger partial charge on any atom is -0.447 e. The quantitative estimate of drug-likeness (QED) is 0.637. The molecule has 0 aliphatic carbocycles. The maximum absolute atomic E-state index is 13.4. The minimum atomic E-state index is -0.814. The van der Waals surface area contributed by atoms with Crippen LogP contribution in [-0.2, 0) is 27.3 Å². The molecule has 0 radical (unpaired) electrons. The lowest BCUT2D eigenvalue weighted by Crippen LogP contribution is -2.49. The number of hydrogen-bond acceptors (Lipinski definition) is 5. The number of nitrogens with two attached hydrogens (primary N) is 1. The first kappa shape index (κ1) is 22.0. The van der Waals surface area contributed by atoms with Gasteiger partial charge in [-0.3, -0.25) is 4.79 Å². The van der Waals surface area contributed by atoms with Gasteiger partial charge in [0.25, 0.3) is 0 Å². The monoisotopic (exact) mass is 410 g/mol. The SMILES string of the molecule is CC(C)CC(C(=O)N1C(=O)OCC1Cc1ccccc1)C(N)OCc1ccccc1. The second-order valence-electron chi connectivity index (χ2n) is 8.13. The standard InChI is InChI=1S/C24H30N2O4/c1-17(2)13-21(22(25)29-15-19-11-7-4-8-12-19)23(27)26-20(16-30-24(26)28)14-18-9-5-3-6-10-18/h3-12,17,20-22H,13-16,25H2,1-2H3. The van der Waals surface area contributed by atoms with Crippen LogP contribution >= 0.6 is 0 Å². The highest BCUT2D eigenvalue weighted by Crippen LogP contribution is 2.25. The van der Waals surface area contributed by atoms with Crippen LogP contribution in [0, 0.1) is 11.8 Å². The third kappa shape index (κ3) is 5.68. The lowest BCUT2D eigenvalue weighted by molar-refractivity contribution is -0.140. The number of carbonyl (C=O) groups is 2. The van der Waals surface area contributed by atoms with E-state index in [-0.39, 0.29) is 24.5 Å². The highest BCUT2D eigenvalue weighted by atomic mass is 16.6. The maximum Gasteiger partial charge on any atom is 0.416 e.